The van der Waals surface area contributed by atoms with E-state index >= 15 is 0 Å². The first-order valence-corrected chi connectivity index (χ1v) is 6.13. The number of aromatic nitrogens is 2. The zero-order valence-electron chi connectivity index (χ0n) is 9.15. The highest BCUT2D eigenvalue weighted by Gasteiger charge is 2.22. The predicted molar refractivity (Wildman–Crippen MR) is 56.8 cm³/mol. The Hall–Kier alpha value is -1.45. The molecule has 1 aromatic heterocycles. The Kier molecular flexibility index (Phi) is 4.21. The van der Waals surface area contributed by atoms with Crippen molar-refractivity contribution in [1.82, 2.24) is 14.1 Å². The molecule has 0 amide bonds. The first-order chi connectivity index (χ1) is 7.87. The van der Waals surface area contributed by atoms with Crippen molar-refractivity contribution in [3.8, 4) is 0 Å². The fraction of sp³-hybridized carbons (Fsp3) is 0.500. The number of rotatable bonds is 6. The molecule has 0 spiro atoms. The Balaban J connectivity index is 2.92. The minimum atomic E-state index is -3.72. The minimum Gasteiger partial charge on any atom is -0.480 e. The standard InChI is InChI=1S/C8H13N3O5S/c1-10(2-3-12)17(15,16)7-4-9-11(5-7)6-8(13)14/h4-5,12H,2-3,6H2,1H3,(H,13,14). The summed E-state index contributed by atoms with van der Waals surface area (Å²) in [6.07, 6.45) is 2.21. The molecule has 0 atom stereocenters. The number of carboxylic acid groups (broad SMARTS) is 1. The maximum absolute atomic E-state index is 11.8. The number of aliphatic hydroxyl groups is 1. The first-order valence-electron chi connectivity index (χ1n) is 4.69. The number of aliphatic hydroxyl groups excluding tert-OH is 1. The van der Waals surface area contributed by atoms with Gasteiger partial charge in [0.1, 0.15) is 11.4 Å². The Bertz CT molecular complexity index is 495. The van der Waals surface area contributed by atoms with Crippen LogP contribution < -0.4 is 0 Å². The molecule has 1 rings (SSSR count). The molecule has 0 aliphatic rings. The Morgan fingerprint density at radius 1 is 1.59 bits per heavy atom. The molecular formula is C8H13N3O5S. The third-order valence-electron chi connectivity index (χ3n) is 2.03. The Labute approximate surface area is 98.1 Å². The van der Waals surface area contributed by atoms with Gasteiger partial charge in [-0.15, -0.1) is 0 Å². The topological polar surface area (TPSA) is 113 Å². The molecular weight excluding hydrogens is 250 g/mol. The van der Waals surface area contributed by atoms with E-state index in [-0.39, 0.29) is 18.0 Å². The van der Waals surface area contributed by atoms with Crippen LogP contribution in [0.15, 0.2) is 17.3 Å². The molecule has 8 nitrogen and oxygen atoms in total. The molecule has 1 heterocycles. The maximum Gasteiger partial charge on any atom is 0.325 e. The first kappa shape index (κ1) is 13.6. The van der Waals surface area contributed by atoms with Gasteiger partial charge in [-0.3, -0.25) is 9.48 Å². The normalized spacial score (nSPS) is 11.9. The maximum atomic E-state index is 11.8. The zero-order valence-corrected chi connectivity index (χ0v) is 9.96. The highest BCUT2D eigenvalue weighted by atomic mass is 32.2. The third kappa shape index (κ3) is 3.25. The average Bonchev–Trinajstić information content (AvgIpc) is 2.66. The lowest BCUT2D eigenvalue weighted by Gasteiger charge is -2.13. The summed E-state index contributed by atoms with van der Waals surface area (Å²) in [4.78, 5) is 10.3. The largest absolute Gasteiger partial charge is 0.480 e. The van der Waals surface area contributed by atoms with E-state index in [0.29, 0.717) is 0 Å². The van der Waals surface area contributed by atoms with Crippen LogP contribution in [0.3, 0.4) is 0 Å². The van der Waals surface area contributed by atoms with E-state index in [1.165, 1.54) is 7.05 Å². The fourth-order valence-electron chi connectivity index (χ4n) is 1.14. The summed E-state index contributed by atoms with van der Waals surface area (Å²) in [5.74, 6) is -1.11. The van der Waals surface area contributed by atoms with Gasteiger partial charge in [0.15, 0.2) is 0 Å². The lowest BCUT2D eigenvalue weighted by molar-refractivity contribution is -0.137. The highest BCUT2D eigenvalue weighted by molar-refractivity contribution is 7.89. The minimum absolute atomic E-state index is 0.0353. The second-order valence-electron chi connectivity index (χ2n) is 3.32. The second-order valence-corrected chi connectivity index (χ2v) is 5.36. The van der Waals surface area contributed by atoms with E-state index in [2.05, 4.69) is 5.10 Å². The molecule has 0 aliphatic carbocycles. The van der Waals surface area contributed by atoms with Crippen molar-refractivity contribution in [3.63, 3.8) is 0 Å². The predicted octanol–water partition coefficient (Wildman–Crippen LogP) is -1.42. The van der Waals surface area contributed by atoms with Gasteiger partial charge >= 0.3 is 5.97 Å². The van der Waals surface area contributed by atoms with Crippen molar-refractivity contribution < 1.29 is 23.4 Å². The molecule has 9 heteroatoms. The van der Waals surface area contributed by atoms with Crippen LogP contribution in [0.1, 0.15) is 0 Å². The van der Waals surface area contributed by atoms with Crippen LogP contribution in [0, 0.1) is 0 Å². The van der Waals surface area contributed by atoms with E-state index < -0.39 is 22.5 Å². The van der Waals surface area contributed by atoms with Crippen LogP contribution in [-0.2, 0) is 21.4 Å². The van der Waals surface area contributed by atoms with E-state index in [9.17, 15) is 13.2 Å². The molecule has 0 bridgehead atoms. The monoisotopic (exact) mass is 263 g/mol. The Morgan fingerprint density at radius 2 is 2.24 bits per heavy atom. The van der Waals surface area contributed by atoms with E-state index in [1.807, 2.05) is 0 Å². The van der Waals surface area contributed by atoms with E-state index in [0.717, 1.165) is 21.4 Å². The molecule has 0 unspecified atom stereocenters. The van der Waals surface area contributed by atoms with Gasteiger partial charge in [-0.25, -0.2) is 8.42 Å². The number of carbonyl (C=O) groups is 1. The molecule has 0 fully saturated rings. The number of likely N-dealkylation sites (N-methyl/N-ethyl adjacent to an activating group) is 1. The van der Waals surface area contributed by atoms with Gasteiger partial charge in [0, 0.05) is 19.8 Å². The van der Waals surface area contributed by atoms with Gasteiger partial charge in [-0.05, 0) is 0 Å². The van der Waals surface area contributed by atoms with E-state index in [4.69, 9.17) is 10.2 Å². The van der Waals surface area contributed by atoms with Gasteiger partial charge < -0.3 is 10.2 Å². The van der Waals surface area contributed by atoms with Crippen LogP contribution in [0.4, 0.5) is 0 Å². The summed E-state index contributed by atoms with van der Waals surface area (Å²) in [7, 11) is -2.40. The fourth-order valence-corrected chi connectivity index (χ4v) is 2.26. The zero-order chi connectivity index (χ0) is 13.1. The molecule has 0 saturated carbocycles. The van der Waals surface area contributed by atoms with Crippen molar-refractivity contribution in [1.29, 1.82) is 0 Å². The van der Waals surface area contributed by atoms with Gasteiger partial charge in [0.05, 0.1) is 12.8 Å². The van der Waals surface area contributed by atoms with E-state index in [1.54, 1.807) is 0 Å². The Morgan fingerprint density at radius 3 is 2.76 bits per heavy atom. The second kappa shape index (κ2) is 5.25. The highest BCUT2D eigenvalue weighted by Crippen LogP contribution is 2.12. The summed E-state index contributed by atoms with van der Waals surface area (Å²) in [5, 5.41) is 20.8. The van der Waals surface area contributed by atoms with Crippen LogP contribution in [0.2, 0.25) is 0 Å². The number of hydrogen-bond acceptors (Lipinski definition) is 5. The van der Waals surface area contributed by atoms with Crippen LogP contribution >= 0.6 is 0 Å². The van der Waals surface area contributed by atoms with Gasteiger partial charge in [0.25, 0.3) is 0 Å². The number of aliphatic carboxylic acids is 1. The van der Waals surface area contributed by atoms with Gasteiger partial charge in [0.2, 0.25) is 10.0 Å². The molecule has 0 aromatic carbocycles. The van der Waals surface area contributed by atoms with Crippen molar-refractivity contribution in [2.75, 3.05) is 20.2 Å². The lowest BCUT2D eigenvalue weighted by Crippen LogP contribution is -2.29. The number of carboxylic acids is 1. The van der Waals surface area contributed by atoms with Gasteiger partial charge in [-0.2, -0.15) is 9.40 Å². The summed E-state index contributed by atoms with van der Waals surface area (Å²) in [5.41, 5.74) is 0. The summed E-state index contributed by atoms with van der Waals surface area (Å²) >= 11 is 0. The summed E-state index contributed by atoms with van der Waals surface area (Å²) in [6.45, 7) is -0.731. The van der Waals surface area contributed by atoms with Crippen LogP contribution in [-0.4, -0.2) is 58.9 Å². The van der Waals surface area contributed by atoms with Crippen LogP contribution in [0.5, 0.6) is 0 Å². The van der Waals surface area contributed by atoms with Crippen LogP contribution in [0.25, 0.3) is 0 Å². The number of sulfonamides is 1. The molecule has 96 valence electrons. The molecule has 0 saturated heterocycles. The number of nitrogens with zero attached hydrogens (tertiary/aromatic N) is 3. The van der Waals surface area contributed by atoms with Crippen molar-refractivity contribution in [3.05, 3.63) is 12.4 Å². The average molecular weight is 263 g/mol. The quantitative estimate of drug-likeness (QED) is 0.651. The summed E-state index contributed by atoms with van der Waals surface area (Å²) < 4.78 is 25.7. The number of hydrogen-bond donors (Lipinski definition) is 2. The lowest BCUT2D eigenvalue weighted by atomic mass is 10.6. The van der Waals surface area contributed by atoms with Gasteiger partial charge in [-0.1, -0.05) is 0 Å². The van der Waals surface area contributed by atoms with Crippen molar-refractivity contribution in [2.24, 2.45) is 0 Å². The SMILES string of the molecule is CN(CCO)S(=O)(=O)c1cnn(CC(=O)O)c1. The molecule has 0 aliphatic heterocycles. The van der Waals surface area contributed by atoms with Crippen molar-refractivity contribution in [2.45, 2.75) is 11.4 Å². The summed E-state index contributed by atoms with van der Waals surface area (Å²) in [6, 6.07) is 0. The third-order valence-corrected chi connectivity index (χ3v) is 3.84. The van der Waals surface area contributed by atoms with Crippen molar-refractivity contribution >= 4 is 16.0 Å². The molecule has 2 N–H and O–H groups in total. The smallest absolute Gasteiger partial charge is 0.325 e. The molecule has 0 radical (unpaired) electrons. The molecule has 17 heavy (non-hydrogen) atoms. The molecule has 1 aromatic rings.